The predicted octanol–water partition coefficient (Wildman–Crippen LogP) is 2.32. The maximum Gasteiger partial charge on any atom is 0.0667 e. The molecule has 1 rings (SSSR count). The molecule has 0 amide bonds. The molecule has 10 heavy (non-hydrogen) atoms. The summed E-state index contributed by atoms with van der Waals surface area (Å²) in [5.74, 6) is 0.457. The molecule has 1 heterocycles. The van der Waals surface area contributed by atoms with E-state index in [9.17, 15) is 0 Å². The van der Waals surface area contributed by atoms with E-state index in [1.165, 1.54) is 4.20 Å². The Morgan fingerprint density at radius 1 is 1.60 bits per heavy atom. The smallest absolute Gasteiger partial charge is 0.0667 e. The maximum atomic E-state index is 5.68. The fourth-order valence-corrected chi connectivity index (χ4v) is 0.895. The number of halogens is 1. The summed E-state index contributed by atoms with van der Waals surface area (Å²) < 4.78 is 1.38. The van der Waals surface area contributed by atoms with Crippen molar-refractivity contribution in [1.82, 2.24) is 9.30 Å². The molecule has 0 saturated heterocycles. The second-order valence-corrected chi connectivity index (χ2v) is 3.05. The van der Waals surface area contributed by atoms with E-state index >= 15 is 0 Å². The van der Waals surface area contributed by atoms with Crippen LogP contribution in [0.3, 0.4) is 0 Å². The van der Waals surface area contributed by atoms with Gasteiger partial charge in [-0.05, 0) is 18.9 Å². The van der Waals surface area contributed by atoms with Crippen LogP contribution in [0.15, 0.2) is 6.07 Å². The van der Waals surface area contributed by atoms with Crippen molar-refractivity contribution in [1.29, 1.82) is 0 Å². The van der Waals surface area contributed by atoms with Gasteiger partial charge in [-0.25, -0.2) is 0 Å². The van der Waals surface area contributed by atoms with Crippen LogP contribution in [0.1, 0.15) is 31.2 Å². The second-order valence-electron chi connectivity index (χ2n) is 2.73. The number of hydrogen-bond acceptors (Lipinski definition) is 1. The first kappa shape index (κ1) is 7.61. The molecule has 1 aromatic heterocycles. The Hall–Kier alpha value is -0.500. The Kier molecular flexibility index (Phi) is 2.00. The summed E-state index contributed by atoms with van der Waals surface area (Å²) in [4.78, 5) is 0. The molecule has 0 unspecified atom stereocenters. The van der Waals surface area contributed by atoms with Crippen LogP contribution in [0.4, 0.5) is 0 Å². The molecule has 1 aromatic rings. The molecule has 2 nitrogen and oxygen atoms in total. The first-order valence-electron chi connectivity index (χ1n) is 3.34. The molecule has 0 atom stereocenters. The predicted molar refractivity (Wildman–Crippen MR) is 42.3 cm³/mol. The van der Waals surface area contributed by atoms with Crippen molar-refractivity contribution in [2.45, 2.75) is 26.7 Å². The van der Waals surface area contributed by atoms with Gasteiger partial charge in [0.05, 0.1) is 11.4 Å². The van der Waals surface area contributed by atoms with Gasteiger partial charge in [-0.1, -0.05) is 13.8 Å². The number of hydrogen-bond donors (Lipinski definition) is 0. The lowest BCUT2D eigenvalue weighted by Gasteiger charge is -1.94. The fraction of sp³-hybridized carbons (Fsp3) is 0.571. The molecule has 0 aromatic carbocycles. The second kappa shape index (κ2) is 2.62. The van der Waals surface area contributed by atoms with E-state index in [1.54, 1.807) is 0 Å². The van der Waals surface area contributed by atoms with Crippen molar-refractivity contribution >= 4 is 11.8 Å². The summed E-state index contributed by atoms with van der Waals surface area (Å²) in [6.07, 6.45) is 0. The highest BCUT2D eigenvalue weighted by atomic mass is 35.5. The van der Waals surface area contributed by atoms with Crippen LogP contribution in [0, 0.1) is 6.92 Å². The molecule has 0 N–H and O–H groups in total. The van der Waals surface area contributed by atoms with Crippen LogP contribution >= 0.6 is 11.8 Å². The first-order valence-corrected chi connectivity index (χ1v) is 3.68. The first-order chi connectivity index (χ1) is 4.61. The molecular weight excluding hydrogens is 148 g/mol. The monoisotopic (exact) mass is 158 g/mol. The SMILES string of the molecule is Cc1cc(C(C)C)nn1Cl. The lowest BCUT2D eigenvalue weighted by Crippen LogP contribution is -1.89. The Bertz CT molecular complexity index is 208. The molecule has 56 valence electrons. The van der Waals surface area contributed by atoms with Gasteiger partial charge in [0.15, 0.2) is 0 Å². The highest BCUT2D eigenvalue weighted by Crippen LogP contribution is 2.13. The van der Waals surface area contributed by atoms with Gasteiger partial charge in [-0.15, -0.1) is 0 Å². The Balaban J connectivity index is 2.98. The summed E-state index contributed by atoms with van der Waals surface area (Å²) in [5, 5.41) is 4.09. The minimum absolute atomic E-state index is 0.457. The summed E-state index contributed by atoms with van der Waals surface area (Å²) in [6, 6.07) is 2.00. The molecule has 0 saturated carbocycles. The molecule has 0 fully saturated rings. The van der Waals surface area contributed by atoms with E-state index in [-0.39, 0.29) is 0 Å². The molecule has 0 spiro atoms. The third kappa shape index (κ3) is 1.32. The molecule has 0 aliphatic carbocycles. The van der Waals surface area contributed by atoms with Crippen molar-refractivity contribution in [3.63, 3.8) is 0 Å². The largest absolute Gasteiger partial charge is 0.177 e. The van der Waals surface area contributed by atoms with E-state index in [0.717, 1.165) is 11.4 Å². The van der Waals surface area contributed by atoms with Crippen molar-refractivity contribution in [2.75, 3.05) is 0 Å². The van der Waals surface area contributed by atoms with E-state index in [1.807, 2.05) is 13.0 Å². The molecular formula is C7H11ClN2. The van der Waals surface area contributed by atoms with Crippen LogP contribution in [-0.2, 0) is 0 Å². The standard InChI is InChI=1S/C7H11ClN2/c1-5(2)7-4-6(3)10(8)9-7/h4-5H,1-3H3. The van der Waals surface area contributed by atoms with Gasteiger partial charge in [0, 0.05) is 11.8 Å². The van der Waals surface area contributed by atoms with Gasteiger partial charge in [-0.3, -0.25) is 0 Å². The maximum absolute atomic E-state index is 5.68. The quantitative estimate of drug-likeness (QED) is 0.614. The van der Waals surface area contributed by atoms with Gasteiger partial charge in [0.1, 0.15) is 0 Å². The Morgan fingerprint density at radius 2 is 2.20 bits per heavy atom. The summed E-state index contributed by atoms with van der Waals surface area (Å²) in [7, 11) is 0. The molecule has 0 aliphatic rings. The zero-order valence-corrected chi connectivity index (χ0v) is 7.18. The van der Waals surface area contributed by atoms with Gasteiger partial charge in [0.2, 0.25) is 0 Å². The van der Waals surface area contributed by atoms with Crippen LogP contribution in [0.25, 0.3) is 0 Å². The third-order valence-electron chi connectivity index (χ3n) is 1.44. The fourth-order valence-electron chi connectivity index (χ4n) is 0.759. The van der Waals surface area contributed by atoms with E-state index < -0.39 is 0 Å². The van der Waals surface area contributed by atoms with Gasteiger partial charge in [-0.2, -0.15) is 9.30 Å². The van der Waals surface area contributed by atoms with Gasteiger partial charge < -0.3 is 0 Å². The van der Waals surface area contributed by atoms with Gasteiger partial charge >= 0.3 is 0 Å². The van der Waals surface area contributed by atoms with Gasteiger partial charge in [0.25, 0.3) is 0 Å². The van der Waals surface area contributed by atoms with E-state index in [0.29, 0.717) is 5.92 Å². The van der Waals surface area contributed by atoms with Crippen LogP contribution in [-0.4, -0.2) is 9.30 Å². The summed E-state index contributed by atoms with van der Waals surface area (Å²) in [5.41, 5.74) is 2.04. The molecule has 3 heteroatoms. The van der Waals surface area contributed by atoms with Crippen molar-refractivity contribution in [3.8, 4) is 0 Å². The van der Waals surface area contributed by atoms with Crippen LogP contribution in [0.5, 0.6) is 0 Å². The third-order valence-corrected chi connectivity index (χ3v) is 1.78. The Morgan fingerprint density at radius 3 is 2.40 bits per heavy atom. The minimum Gasteiger partial charge on any atom is -0.177 e. The number of aromatic nitrogens is 2. The highest BCUT2D eigenvalue weighted by Gasteiger charge is 2.04. The van der Waals surface area contributed by atoms with Crippen LogP contribution < -0.4 is 0 Å². The topological polar surface area (TPSA) is 17.8 Å². The van der Waals surface area contributed by atoms with E-state index in [2.05, 4.69) is 18.9 Å². The normalized spacial score (nSPS) is 10.9. The molecule has 0 aliphatic heterocycles. The zero-order valence-electron chi connectivity index (χ0n) is 6.43. The summed E-state index contributed by atoms with van der Waals surface area (Å²) >= 11 is 5.68. The lowest BCUT2D eigenvalue weighted by molar-refractivity contribution is 0.793. The zero-order chi connectivity index (χ0) is 7.72. The number of aryl methyl sites for hydroxylation is 1. The highest BCUT2D eigenvalue weighted by molar-refractivity contribution is 6.15. The average molecular weight is 159 g/mol. The van der Waals surface area contributed by atoms with Crippen molar-refractivity contribution in [2.24, 2.45) is 0 Å². The van der Waals surface area contributed by atoms with Crippen LogP contribution in [0.2, 0.25) is 0 Å². The van der Waals surface area contributed by atoms with Crippen molar-refractivity contribution in [3.05, 3.63) is 17.5 Å². The summed E-state index contributed by atoms with van der Waals surface area (Å²) in [6.45, 7) is 6.13. The minimum atomic E-state index is 0.457. The lowest BCUT2D eigenvalue weighted by atomic mass is 10.1. The number of rotatable bonds is 1. The molecule has 0 radical (unpaired) electrons. The molecule has 0 bridgehead atoms. The van der Waals surface area contributed by atoms with E-state index in [4.69, 9.17) is 11.8 Å². The number of nitrogens with zero attached hydrogens (tertiary/aromatic N) is 2. The van der Waals surface area contributed by atoms with Crippen molar-refractivity contribution < 1.29 is 0 Å². The Labute approximate surface area is 65.9 Å². The average Bonchev–Trinajstić information content (AvgIpc) is 2.13.